The molecule has 0 N–H and O–H groups in total. The summed E-state index contributed by atoms with van der Waals surface area (Å²) in [5.74, 6) is 0. The molecule has 2 heteroatoms. The second kappa shape index (κ2) is 8.24. The van der Waals surface area contributed by atoms with E-state index in [1.54, 1.807) is 0 Å². The van der Waals surface area contributed by atoms with E-state index < -0.39 is 7.49 Å². The lowest BCUT2D eigenvalue weighted by Crippen LogP contribution is -2.33. The molecule has 0 aliphatic rings. The van der Waals surface area contributed by atoms with Crippen molar-refractivity contribution in [1.29, 1.82) is 0 Å². The van der Waals surface area contributed by atoms with E-state index in [0.29, 0.717) is 0 Å². The standard InChI is InChI=1S/C22H24OP/c1-2-3-19-23-24(20-13-7-4-8-14-20,21-15-9-5-10-16-21)22-17-11-6-12-18-22/h4-18H,2-3,19H2,1H3/q+1. The first-order valence-corrected chi connectivity index (χ1v) is 10.3. The molecule has 3 aromatic carbocycles. The molecule has 0 unspecified atom stereocenters. The first-order chi connectivity index (χ1) is 11.9. The molecular formula is C22H24OP+. The minimum atomic E-state index is -2.08. The van der Waals surface area contributed by atoms with E-state index in [4.69, 9.17) is 4.52 Å². The second-order valence-corrected chi connectivity index (χ2v) is 8.83. The summed E-state index contributed by atoms with van der Waals surface area (Å²) in [5.41, 5.74) is 0. The molecule has 0 aromatic heterocycles. The van der Waals surface area contributed by atoms with Gasteiger partial charge < -0.3 is 0 Å². The minimum Gasteiger partial charge on any atom is -0.222 e. The van der Waals surface area contributed by atoms with Crippen molar-refractivity contribution in [2.75, 3.05) is 6.61 Å². The van der Waals surface area contributed by atoms with Crippen LogP contribution in [-0.2, 0) is 4.52 Å². The first-order valence-electron chi connectivity index (χ1n) is 8.58. The van der Waals surface area contributed by atoms with Crippen LogP contribution in [0.25, 0.3) is 0 Å². The minimum absolute atomic E-state index is 0.781. The average molecular weight is 335 g/mol. The molecule has 0 aliphatic carbocycles. The second-order valence-electron chi connectivity index (χ2n) is 5.80. The van der Waals surface area contributed by atoms with Gasteiger partial charge >= 0.3 is 0 Å². The van der Waals surface area contributed by atoms with Gasteiger partial charge in [-0.05, 0) is 42.8 Å². The Morgan fingerprint density at radius 1 is 0.625 bits per heavy atom. The number of hydrogen-bond donors (Lipinski definition) is 0. The predicted molar refractivity (Wildman–Crippen MR) is 106 cm³/mol. The Hall–Kier alpha value is -1.95. The van der Waals surface area contributed by atoms with Crippen LogP contribution in [0.5, 0.6) is 0 Å². The van der Waals surface area contributed by atoms with E-state index in [1.165, 1.54) is 15.9 Å². The molecule has 122 valence electrons. The molecule has 3 rings (SSSR count). The highest BCUT2D eigenvalue weighted by molar-refractivity contribution is 7.91. The van der Waals surface area contributed by atoms with Gasteiger partial charge in [-0.2, -0.15) is 0 Å². The lowest BCUT2D eigenvalue weighted by atomic mass is 10.4. The summed E-state index contributed by atoms with van der Waals surface area (Å²) in [6, 6.07) is 32.1. The van der Waals surface area contributed by atoms with Gasteiger partial charge in [0.25, 0.3) is 0 Å². The Bertz CT molecular complexity index is 629. The molecule has 24 heavy (non-hydrogen) atoms. The summed E-state index contributed by atoms with van der Waals surface area (Å²) in [5, 5.41) is 3.83. The third-order valence-electron chi connectivity index (χ3n) is 4.14. The molecule has 0 radical (unpaired) electrons. The molecular weight excluding hydrogens is 311 g/mol. The summed E-state index contributed by atoms with van der Waals surface area (Å²) in [6.45, 7) is 2.99. The van der Waals surface area contributed by atoms with Gasteiger partial charge in [-0.3, -0.25) is 0 Å². The van der Waals surface area contributed by atoms with Crippen molar-refractivity contribution in [2.24, 2.45) is 0 Å². The Labute approximate surface area is 145 Å². The Kier molecular flexibility index (Phi) is 5.80. The van der Waals surface area contributed by atoms with Crippen molar-refractivity contribution < 1.29 is 4.52 Å². The average Bonchev–Trinajstić information content (AvgIpc) is 2.68. The fraction of sp³-hybridized carbons (Fsp3) is 0.182. The van der Waals surface area contributed by atoms with Gasteiger partial charge in [-0.25, -0.2) is 4.52 Å². The van der Waals surface area contributed by atoms with E-state index >= 15 is 0 Å². The Balaban J connectivity index is 2.20. The maximum absolute atomic E-state index is 6.74. The van der Waals surface area contributed by atoms with E-state index in [0.717, 1.165) is 19.4 Å². The van der Waals surface area contributed by atoms with Crippen LogP contribution in [0, 0.1) is 0 Å². The van der Waals surface area contributed by atoms with Crippen LogP contribution in [-0.4, -0.2) is 6.61 Å². The van der Waals surface area contributed by atoms with Gasteiger partial charge in [0.2, 0.25) is 7.49 Å². The van der Waals surface area contributed by atoms with Crippen LogP contribution in [0.4, 0.5) is 0 Å². The summed E-state index contributed by atoms with van der Waals surface area (Å²) in [6.07, 6.45) is 2.21. The molecule has 0 atom stereocenters. The predicted octanol–water partition coefficient (Wildman–Crippen LogP) is 4.71. The molecule has 1 nitrogen and oxygen atoms in total. The van der Waals surface area contributed by atoms with Crippen molar-refractivity contribution in [1.82, 2.24) is 0 Å². The van der Waals surface area contributed by atoms with Crippen LogP contribution < -0.4 is 15.9 Å². The molecule has 0 bridgehead atoms. The van der Waals surface area contributed by atoms with E-state index in [2.05, 4.69) is 97.9 Å². The quantitative estimate of drug-likeness (QED) is 0.449. The summed E-state index contributed by atoms with van der Waals surface area (Å²) < 4.78 is 6.74. The lowest BCUT2D eigenvalue weighted by Gasteiger charge is -2.25. The molecule has 0 amide bonds. The Morgan fingerprint density at radius 3 is 1.33 bits per heavy atom. The third-order valence-corrected chi connectivity index (χ3v) is 7.79. The van der Waals surface area contributed by atoms with E-state index in [-0.39, 0.29) is 0 Å². The molecule has 0 spiro atoms. The zero-order valence-corrected chi connectivity index (χ0v) is 15.0. The largest absolute Gasteiger partial charge is 0.242 e. The third kappa shape index (κ3) is 3.43. The maximum atomic E-state index is 6.74. The highest BCUT2D eigenvalue weighted by atomic mass is 31.2. The van der Waals surface area contributed by atoms with Gasteiger partial charge in [0.05, 0.1) is 6.61 Å². The van der Waals surface area contributed by atoms with E-state index in [1.807, 2.05) is 0 Å². The highest BCUT2D eigenvalue weighted by Gasteiger charge is 2.47. The van der Waals surface area contributed by atoms with Gasteiger partial charge in [-0.15, -0.1) is 0 Å². The van der Waals surface area contributed by atoms with Crippen molar-refractivity contribution in [3.63, 3.8) is 0 Å². The molecule has 3 aromatic rings. The summed E-state index contributed by atoms with van der Waals surface area (Å²) >= 11 is 0. The van der Waals surface area contributed by atoms with Crippen molar-refractivity contribution in [3.8, 4) is 0 Å². The summed E-state index contributed by atoms with van der Waals surface area (Å²) in [4.78, 5) is 0. The van der Waals surface area contributed by atoms with Gasteiger partial charge in [0.15, 0.2) is 0 Å². The zero-order valence-electron chi connectivity index (χ0n) is 14.1. The van der Waals surface area contributed by atoms with Crippen LogP contribution in [0.1, 0.15) is 19.8 Å². The van der Waals surface area contributed by atoms with Crippen molar-refractivity contribution >= 4 is 23.4 Å². The van der Waals surface area contributed by atoms with Crippen LogP contribution in [0.3, 0.4) is 0 Å². The molecule has 0 heterocycles. The van der Waals surface area contributed by atoms with Gasteiger partial charge in [0, 0.05) is 0 Å². The van der Waals surface area contributed by atoms with Crippen LogP contribution >= 0.6 is 7.49 Å². The number of rotatable bonds is 7. The van der Waals surface area contributed by atoms with Crippen LogP contribution in [0.15, 0.2) is 91.0 Å². The molecule has 0 aliphatic heterocycles. The number of hydrogen-bond acceptors (Lipinski definition) is 1. The van der Waals surface area contributed by atoms with Crippen LogP contribution in [0.2, 0.25) is 0 Å². The smallest absolute Gasteiger partial charge is 0.222 e. The van der Waals surface area contributed by atoms with Gasteiger partial charge in [0.1, 0.15) is 15.9 Å². The Morgan fingerprint density at radius 2 is 1.00 bits per heavy atom. The van der Waals surface area contributed by atoms with Crippen molar-refractivity contribution in [3.05, 3.63) is 91.0 Å². The lowest BCUT2D eigenvalue weighted by molar-refractivity contribution is 0.344. The normalized spacial score (nSPS) is 11.4. The van der Waals surface area contributed by atoms with E-state index in [9.17, 15) is 0 Å². The topological polar surface area (TPSA) is 9.23 Å². The fourth-order valence-corrected chi connectivity index (χ4v) is 6.45. The van der Waals surface area contributed by atoms with Crippen molar-refractivity contribution in [2.45, 2.75) is 19.8 Å². The SMILES string of the molecule is CCCCO[P+](c1ccccc1)(c1ccccc1)c1ccccc1. The molecule has 0 fully saturated rings. The molecule has 0 saturated heterocycles. The highest BCUT2D eigenvalue weighted by Crippen LogP contribution is 2.56. The zero-order chi connectivity index (χ0) is 16.7. The number of unbranched alkanes of at least 4 members (excludes halogenated alkanes) is 1. The molecule has 0 saturated carbocycles. The number of benzene rings is 3. The summed E-state index contributed by atoms with van der Waals surface area (Å²) in [7, 11) is -2.08. The maximum Gasteiger partial charge on any atom is 0.242 e. The monoisotopic (exact) mass is 335 g/mol. The fourth-order valence-electron chi connectivity index (χ4n) is 2.93. The first kappa shape index (κ1) is 16.9. The van der Waals surface area contributed by atoms with Gasteiger partial charge in [-0.1, -0.05) is 67.9 Å².